The molecule has 2 heterocycles. The first-order chi connectivity index (χ1) is 15.1. The number of anilines is 1. The van der Waals surface area contributed by atoms with Crippen LogP contribution in [0, 0.1) is 11.7 Å². The van der Waals surface area contributed by atoms with Gasteiger partial charge in [0, 0.05) is 34.9 Å². The summed E-state index contributed by atoms with van der Waals surface area (Å²) in [7, 11) is 0. The Bertz CT molecular complexity index is 1010. The van der Waals surface area contributed by atoms with Crippen molar-refractivity contribution >= 4 is 39.4 Å². The molecule has 0 aliphatic carbocycles. The number of aromatic nitrogens is 2. The molecule has 4 rings (SSSR count). The van der Waals surface area contributed by atoms with Gasteiger partial charge in [0.25, 0.3) is 0 Å². The minimum absolute atomic E-state index is 0.0168. The first-order valence-electron chi connectivity index (χ1n) is 10.1. The molecule has 0 saturated carbocycles. The van der Waals surface area contributed by atoms with E-state index in [1.807, 2.05) is 36.4 Å². The monoisotopic (exact) mass is 500 g/mol. The maximum Gasteiger partial charge on any atom is 0.223 e. The maximum atomic E-state index is 13.0. The number of carbonyl (C=O) groups excluding carboxylic acids is 1. The van der Waals surface area contributed by atoms with Crippen molar-refractivity contribution in [2.45, 2.75) is 29.3 Å². The molecule has 1 aromatic heterocycles. The van der Waals surface area contributed by atoms with Gasteiger partial charge in [-0.05, 0) is 66.9 Å². The zero-order chi connectivity index (χ0) is 21.6. The third-order valence-electron chi connectivity index (χ3n) is 5.23. The van der Waals surface area contributed by atoms with Gasteiger partial charge in [0.15, 0.2) is 5.82 Å². The fraction of sp³-hybridized carbons (Fsp3) is 0.261. The first-order valence-corrected chi connectivity index (χ1v) is 11.7. The molecule has 31 heavy (non-hydrogen) atoms. The molecule has 1 amide bonds. The van der Waals surface area contributed by atoms with Crippen molar-refractivity contribution in [3.63, 3.8) is 0 Å². The summed E-state index contributed by atoms with van der Waals surface area (Å²) in [5, 5.41) is 12.5. The first kappa shape index (κ1) is 21.8. The highest BCUT2D eigenvalue weighted by molar-refractivity contribution is 9.10. The highest BCUT2D eigenvalue weighted by Crippen LogP contribution is 2.28. The van der Waals surface area contributed by atoms with Crippen molar-refractivity contribution in [2.24, 2.45) is 5.92 Å². The minimum Gasteiger partial charge on any atom is -0.355 e. The van der Waals surface area contributed by atoms with E-state index in [-0.39, 0.29) is 17.6 Å². The SMILES string of the molecule is O=C(NCc1ccc(F)cc1)C1CCN(c2ccc(Sc3ccc(Br)cc3)nn2)CC1. The fourth-order valence-corrected chi connectivity index (χ4v) is 4.46. The zero-order valence-electron chi connectivity index (χ0n) is 16.8. The normalized spacial score (nSPS) is 14.5. The molecule has 0 spiro atoms. The second-order valence-electron chi connectivity index (χ2n) is 7.39. The van der Waals surface area contributed by atoms with Crippen molar-refractivity contribution in [1.29, 1.82) is 0 Å². The number of rotatable bonds is 6. The summed E-state index contributed by atoms with van der Waals surface area (Å²) in [4.78, 5) is 15.8. The quantitative estimate of drug-likeness (QED) is 0.512. The van der Waals surface area contributed by atoms with E-state index < -0.39 is 0 Å². The lowest BCUT2D eigenvalue weighted by molar-refractivity contribution is -0.125. The van der Waals surface area contributed by atoms with Crippen molar-refractivity contribution in [1.82, 2.24) is 15.5 Å². The Morgan fingerprint density at radius 2 is 1.74 bits per heavy atom. The van der Waals surface area contributed by atoms with E-state index in [0.29, 0.717) is 6.54 Å². The summed E-state index contributed by atoms with van der Waals surface area (Å²) in [6.45, 7) is 1.95. The van der Waals surface area contributed by atoms with Crippen LogP contribution < -0.4 is 10.2 Å². The Hall–Kier alpha value is -2.45. The van der Waals surface area contributed by atoms with Crippen molar-refractivity contribution in [2.75, 3.05) is 18.0 Å². The summed E-state index contributed by atoms with van der Waals surface area (Å²) >= 11 is 5.01. The van der Waals surface area contributed by atoms with Crippen LogP contribution in [0.15, 0.2) is 75.1 Å². The van der Waals surface area contributed by atoms with E-state index in [1.54, 1.807) is 23.9 Å². The van der Waals surface area contributed by atoms with E-state index in [9.17, 15) is 9.18 Å². The van der Waals surface area contributed by atoms with Crippen molar-refractivity contribution in [3.05, 3.63) is 76.5 Å². The topological polar surface area (TPSA) is 58.1 Å². The molecule has 2 aromatic carbocycles. The van der Waals surface area contributed by atoms with E-state index in [1.165, 1.54) is 12.1 Å². The van der Waals surface area contributed by atoms with Crippen LogP contribution in [0.2, 0.25) is 0 Å². The molecular formula is C23H22BrFN4OS. The van der Waals surface area contributed by atoms with Gasteiger partial charge in [-0.2, -0.15) is 0 Å². The largest absolute Gasteiger partial charge is 0.355 e. The van der Waals surface area contributed by atoms with Gasteiger partial charge in [-0.25, -0.2) is 4.39 Å². The van der Waals surface area contributed by atoms with Crippen LogP contribution >= 0.6 is 27.7 Å². The highest BCUT2D eigenvalue weighted by Gasteiger charge is 2.25. The maximum absolute atomic E-state index is 13.0. The Morgan fingerprint density at radius 1 is 1.03 bits per heavy atom. The van der Waals surface area contributed by atoms with Crippen molar-refractivity contribution in [3.8, 4) is 0 Å². The van der Waals surface area contributed by atoms with Gasteiger partial charge >= 0.3 is 0 Å². The number of nitrogens with one attached hydrogen (secondary N) is 1. The molecular weight excluding hydrogens is 479 g/mol. The Labute approximate surface area is 193 Å². The molecule has 160 valence electrons. The summed E-state index contributed by atoms with van der Waals surface area (Å²) in [5.41, 5.74) is 0.892. The van der Waals surface area contributed by atoms with Gasteiger partial charge in [0.1, 0.15) is 10.8 Å². The fourth-order valence-electron chi connectivity index (χ4n) is 3.47. The molecule has 1 fully saturated rings. The average Bonchev–Trinajstić information content (AvgIpc) is 2.81. The molecule has 0 radical (unpaired) electrons. The van der Waals surface area contributed by atoms with Gasteiger partial charge < -0.3 is 10.2 Å². The molecule has 0 bridgehead atoms. The molecule has 1 N–H and O–H groups in total. The summed E-state index contributed by atoms with van der Waals surface area (Å²) < 4.78 is 14.0. The Morgan fingerprint density at radius 3 is 2.39 bits per heavy atom. The summed E-state index contributed by atoms with van der Waals surface area (Å²) in [6, 6.07) is 18.2. The van der Waals surface area contributed by atoms with E-state index in [4.69, 9.17) is 0 Å². The highest BCUT2D eigenvalue weighted by atomic mass is 79.9. The number of benzene rings is 2. The molecule has 1 saturated heterocycles. The van der Waals surface area contributed by atoms with Gasteiger partial charge in [-0.15, -0.1) is 10.2 Å². The van der Waals surface area contributed by atoms with E-state index >= 15 is 0 Å². The Balaban J connectivity index is 1.25. The molecule has 8 heteroatoms. The third-order valence-corrected chi connectivity index (χ3v) is 6.70. The van der Waals surface area contributed by atoms with Gasteiger partial charge in [0.05, 0.1) is 0 Å². The Kier molecular flexibility index (Phi) is 7.19. The summed E-state index contributed by atoms with van der Waals surface area (Å²) in [5.74, 6) is 0.601. The van der Waals surface area contributed by atoms with Crippen LogP contribution in [0.4, 0.5) is 10.2 Å². The smallest absolute Gasteiger partial charge is 0.223 e. The van der Waals surface area contributed by atoms with Crippen LogP contribution in [0.1, 0.15) is 18.4 Å². The lowest BCUT2D eigenvalue weighted by Crippen LogP contribution is -2.40. The van der Waals surface area contributed by atoms with Gasteiger partial charge in [-0.1, -0.05) is 39.8 Å². The molecule has 5 nitrogen and oxygen atoms in total. The van der Waals surface area contributed by atoms with Gasteiger partial charge in [-0.3, -0.25) is 4.79 Å². The van der Waals surface area contributed by atoms with E-state index in [0.717, 1.165) is 51.7 Å². The molecule has 3 aromatic rings. The number of halogens is 2. The number of hydrogen-bond acceptors (Lipinski definition) is 5. The molecule has 0 unspecified atom stereocenters. The lowest BCUT2D eigenvalue weighted by atomic mass is 9.96. The number of amides is 1. The third kappa shape index (κ3) is 6.04. The van der Waals surface area contributed by atoms with Crippen molar-refractivity contribution < 1.29 is 9.18 Å². The number of hydrogen-bond donors (Lipinski definition) is 1. The number of piperidine rings is 1. The standard InChI is InChI=1S/C23H22BrFN4OS/c24-18-3-7-20(8-4-18)31-22-10-9-21(27-28-22)29-13-11-17(12-14-29)23(30)26-15-16-1-5-19(25)6-2-16/h1-10,17H,11-15H2,(H,26,30). The van der Waals surface area contributed by atoms with Crippen LogP contribution in [0.25, 0.3) is 0 Å². The lowest BCUT2D eigenvalue weighted by Gasteiger charge is -2.31. The molecule has 0 atom stereocenters. The number of nitrogens with zero attached hydrogens (tertiary/aromatic N) is 3. The second kappa shape index (κ2) is 10.2. The van der Waals surface area contributed by atoms with Crippen LogP contribution in [-0.2, 0) is 11.3 Å². The second-order valence-corrected chi connectivity index (χ2v) is 9.40. The number of carbonyl (C=O) groups is 1. The van der Waals surface area contributed by atoms with Crippen LogP contribution in [0.3, 0.4) is 0 Å². The van der Waals surface area contributed by atoms with Crippen LogP contribution in [-0.4, -0.2) is 29.2 Å². The molecule has 1 aliphatic rings. The van der Waals surface area contributed by atoms with Crippen LogP contribution in [0.5, 0.6) is 0 Å². The summed E-state index contributed by atoms with van der Waals surface area (Å²) in [6.07, 6.45) is 1.54. The predicted octanol–water partition coefficient (Wildman–Crippen LogP) is 5.06. The average molecular weight is 501 g/mol. The zero-order valence-corrected chi connectivity index (χ0v) is 19.2. The minimum atomic E-state index is -0.273. The van der Waals surface area contributed by atoms with Gasteiger partial charge in [0.2, 0.25) is 5.91 Å². The van der Waals surface area contributed by atoms with E-state index in [2.05, 4.69) is 36.3 Å². The predicted molar refractivity (Wildman–Crippen MR) is 123 cm³/mol. The molecule has 1 aliphatic heterocycles.